The molecule has 31 heavy (non-hydrogen) atoms. The number of phenols is 1. The smallest absolute Gasteiger partial charge is 0.229 e. The lowest BCUT2D eigenvalue weighted by molar-refractivity contribution is -0.277. The summed E-state index contributed by atoms with van der Waals surface area (Å²) < 4.78 is 10.6. The Labute approximate surface area is 181 Å². The number of benzene rings is 1. The van der Waals surface area contributed by atoms with Gasteiger partial charge >= 0.3 is 0 Å². The first-order chi connectivity index (χ1) is 14.7. The van der Waals surface area contributed by atoms with Gasteiger partial charge in [-0.05, 0) is 18.2 Å². The number of hydrogen-bond donors (Lipinski definition) is 5. The zero-order valence-electron chi connectivity index (χ0n) is 16.0. The van der Waals surface area contributed by atoms with Crippen LogP contribution in [0.25, 0.3) is 0 Å². The molecule has 1 aliphatic heterocycles. The molecule has 2 aromatic rings. The van der Waals surface area contributed by atoms with E-state index in [1.807, 2.05) is 0 Å². The standard InChI is InChI=1S/C20H20ClNO9/c21-11-4-10(13(25)5-12(24)9-2-1-3-22-7-9)14(26)6-15(11)30-20-19(29)18(28)17(27)16(8-23)31-20/h1-4,6-7,16-20,23,26-29H,5,8H2/t16-,17-,18+,19-,20-/m1/s1. The van der Waals surface area contributed by atoms with Gasteiger partial charge in [0.15, 0.2) is 11.6 Å². The number of aliphatic hydroxyl groups is 4. The van der Waals surface area contributed by atoms with Crippen LogP contribution in [0.5, 0.6) is 11.5 Å². The van der Waals surface area contributed by atoms with Crippen LogP contribution >= 0.6 is 11.6 Å². The molecular formula is C20H20ClNO9. The van der Waals surface area contributed by atoms with Crippen molar-refractivity contribution in [3.8, 4) is 11.5 Å². The van der Waals surface area contributed by atoms with Crippen molar-refractivity contribution in [3.05, 3.63) is 52.8 Å². The molecule has 2 heterocycles. The second kappa shape index (κ2) is 9.69. The molecule has 166 valence electrons. The second-order valence-electron chi connectivity index (χ2n) is 6.88. The largest absolute Gasteiger partial charge is 0.507 e. The lowest BCUT2D eigenvalue weighted by Crippen LogP contribution is -2.60. The highest BCUT2D eigenvalue weighted by Gasteiger charge is 2.45. The first kappa shape index (κ1) is 23.1. The zero-order chi connectivity index (χ0) is 22.7. The van der Waals surface area contributed by atoms with E-state index in [0.717, 1.165) is 12.1 Å². The molecule has 1 aliphatic rings. The predicted octanol–water partition coefficient (Wildman–Crippen LogP) is 0.0750. The van der Waals surface area contributed by atoms with Gasteiger partial charge in [-0.15, -0.1) is 0 Å². The van der Waals surface area contributed by atoms with Crippen LogP contribution in [0.15, 0.2) is 36.7 Å². The molecule has 0 aliphatic carbocycles. The number of carbonyl (C=O) groups is 2. The number of rotatable bonds is 7. The average molecular weight is 454 g/mol. The normalized spacial score (nSPS) is 25.8. The molecule has 5 N–H and O–H groups in total. The summed E-state index contributed by atoms with van der Waals surface area (Å²) in [5.41, 5.74) is 0.0207. The molecule has 5 atom stereocenters. The number of carbonyl (C=O) groups excluding carboxylic acids is 2. The summed E-state index contributed by atoms with van der Waals surface area (Å²) in [5.74, 6) is -1.91. The Morgan fingerprint density at radius 2 is 1.87 bits per heavy atom. The Morgan fingerprint density at radius 3 is 2.52 bits per heavy atom. The van der Waals surface area contributed by atoms with Crippen LogP contribution in [0.2, 0.25) is 5.02 Å². The number of nitrogens with zero attached hydrogens (tertiary/aromatic N) is 1. The number of ketones is 2. The summed E-state index contributed by atoms with van der Waals surface area (Å²) in [7, 11) is 0. The van der Waals surface area contributed by atoms with Crippen LogP contribution in [0.4, 0.5) is 0 Å². The van der Waals surface area contributed by atoms with E-state index in [9.17, 15) is 35.1 Å². The summed E-state index contributed by atoms with van der Waals surface area (Å²) in [4.78, 5) is 28.5. The second-order valence-corrected chi connectivity index (χ2v) is 7.29. The molecule has 0 unspecified atom stereocenters. The number of aromatic hydroxyl groups is 1. The fourth-order valence-electron chi connectivity index (χ4n) is 3.02. The maximum Gasteiger partial charge on any atom is 0.229 e. The molecule has 0 bridgehead atoms. The van der Waals surface area contributed by atoms with Crippen LogP contribution in [0.1, 0.15) is 27.1 Å². The molecule has 0 amide bonds. The van der Waals surface area contributed by atoms with Crippen molar-refractivity contribution in [2.45, 2.75) is 37.1 Å². The van der Waals surface area contributed by atoms with Crippen molar-refractivity contribution in [2.24, 2.45) is 0 Å². The minimum absolute atomic E-state index is 0.146. The molecule has 3 rings (SSSR count). The summed E-state index contributed by atoms with van der Waals surface area (Å²) >= 11 is 6.12. The number of phenolic OH excluding ortho intramolecular Hbond substituents is 1. The van der Waals surface area contributed by atoms with Gasteiger partial charge in [-0.25, -0.2) is 0 Å². The molecule has 1 saturated heterocycles. The van der Waals surface area contributed by atoms with Gasteiger partial charge in [-0.3, -0.25) is 14.6 Å². The minimum atomic E-state index is -1.69. The molecule has 1 fully saturated rings. The Morgan fingerprint density at radius 1 is 1.13 bits per heavy atom. The number of aliphatic hydroxyl groups excluding tert-OH is 4. The third-order valence-electron chi connectivity index (χ3n) is 4.75. The highest BCUT2D eigenvalue weighted by molar-refractivity contribution is 6.32. The van der Waals surface area contributed by atoms with Crippen molar-refractivity contribution in [1.29, 1.82) is 0 Å². The van der Waals surface area contributed by atoms with E-state index in [4.69, 9.17) is 21.1 Å². The zero-order valence-corrected chi connectivity index (χ0v) is 16.7. The number of hydrogen-bond acceptors (Lipinski definition) is 10. The van der Waals surface area contributed by atoms with Crippen molar-refractivity contribution < 1.29 is 44.6 Å². The number of Topliss-reactive ketones (excluding diaryl/α,β-unsaturated/α-hetero) is 2. The van der Waals surface area contributed by atoms with Crippen molar-refractivity contribution in [3.63, 3.8) is 0 Å². The van der Waals surface area contributed by atoms with E-state index in [0.29, 0.717) is 0 Å². The van der Waals surface area contributed by atoms with Crippen LogP contribution in [0.3, 0.4) is 0 Å². The van der Waals surface area contributed by atoms with E-state index in [1.54, 1.807) is 6.07 Å². The van der Waals surface area contributed by atoms with E-state index in [2.05, 4.69) is 4.98 Å². The number of ether oxygens (including phenoxy) is 2. The third kappa shape index (κ3) is 5.01. The number of pyridine rings is 1. The van der Waals surface area contributed by atoms with Gasteiger partial charge in [0, 0.05) is 24.0 Å². The van der Waals surface area contributed by atoms with Crippen LogP contribution in [0, 0.1) is 0 Å². The Hall–Kier alpha value is -2.60. The molecule has 1 aromatic carbocycles. The number of halogens is 1. The van der Waals surface area contributed by atoms with Crippen molar-refractivity contribution in [2.75, 3.05) is 6.61 Å². The summed E-state index contributed by atoms with van der Waals surface area (Å²) in [6.07, 6.45) is -5.37. The van der Waals surface area contributed by atoms with E-state index in [1.165, 1.54) is 18.5 Å². The highest BCUT2D eigenvalue weighted by atomic mass is 35.5. The number of aromatic nitrogens is 1. The fourth-order valence-corrected chi connectivity index (χ4v) is 3.23. The Bertz CT molecular complexity index is 953. The maximum atomic E-state index is 12.5. The average Bonchev–Trinajstić information content (AvgIpc) is 2.76. The molecule has 0 spiro atoms. The first-order valence-electron chi connectivity index (χ1n) is 9.19. The third-order valence-corrected chi connectivity index (χ3v) is 5.04. The van der Waals surface area contributed by atoms with Crippen molar-refractivity contribution >= 4 is 23.2 Å². The van der Waals surface area contributed by atoms with Gasteiger partial charge in [-0.1, -0.05) is 11.6 Å². The topological polar surface area (TPSA) is 167 Å². The van der Waals surface area contributed by atoms with Gasteiger partial charge in [0.05, 0.1) is 23.6 Å². The van der Waals surface area contributed by atoms with Crippen LogP contribution in [-0.2, 0) is 4.74 Å². The molecular weight excluding hydrogens is 434 g/mol. The van der Waals surface area contributed by atoms with E-state index >= 15 is 0 Å². The van der Waals surface area contributed by atoms with Gasteiger partial charge in [0.2, 0.25) is 6.29 Å². The summed E-state index contributed by atoms with van der Waals surface area (Å²) in [5, 5.41) is 49.0. The molecule has 0 radical (unpaired) electrons. The molecule has 0 saturated carbocycles. The maximum absolute atomic E-state index is 12.5. The highest BCUT2D eigenvalue weighted by Crippen LogP contribution is 2.35. The Kier molecular flexibility index (Phi) is 7.21. The monoisotopic (exact) mass is 453 g/mol. The van der Waals surface area contributed by atoms with E-state index < -0.39 is 61.0 Å². The first-order valence-corrected chi connectivity index (χ1v) is 9.56. The summed E-state index contributed by atoms with van der Waals surface area (Å²) in [6, 6.07) is 5.14. The predicted molar refractivity (Wildman–Crippen MR) is 105 cm³/mol. The summed E-state index contributed by atoms with van der Waals surface area (Å²) in [6.45, 7) is -0.651. The van der Waals surface area contributed by atoms with Crippen LogP contribution < -0.4 is 4.74 Å². The van der Waals surface area contributed by atoms with Gasteiger partial charge in [-0.2, -0.15) is 0 Å². The lowest BCUT2D eigenvalue weighted by atomic mass is 9.99. The van der Waals surface area contributed by atoms with Crippen molar-refractivity contribution in [1.82, 2.24) is 4.98 Å². The molecule has 10 nitrogen and oxygen atoms in total. The van der Waals surface area contributed by atoms with Crippen LogP contribution in [-0.4, -0.2) is 79.4 Å². The van der Waals surface area contributed by atoms with E-state index in [-0.39, 0.29) is 21.9 Å². The molecule has 11 heteroatoms. The SMILES string of the molecule is O=C(CC(=O)c1cc(Cl)c(O[C@@H]2O[C@H](CO)[C@@H](O)[C@H](O)[C@H]2O)cc1O)c1cccnc1. The lowest BCUT2D eigenvalue weighted by Gasteiger charge is -2.39. The minimum Gasteiger partial charge on any atom is -0.507 e. The molecule has 1 aromatic heterocycles. The van der Waals surface area contributed by atoms with Gasteiger partial charge in [0.1, 0.15) is 35.9 Å². The van der Waals surface area contributed by atoms with Gasteiger partial charge in [0.25, 0.3) is 0 Å². The Balaban J connectivity index is 1.76. The fraction of sp³-hybridized carbons (Fsp3) is 0.350. The quantitative estimate of drug-likeness (QED) is 0.286. The van der Waals surface area contributed by atoms with Gasteiger partial charge < -0.3 is 35.0 Å².